The van der Waals surface area contributed by atoms with Crippen LogP contribution in [-0.2, 0) is 10.0 Å². The molecule has 0 aliphatic rings. The molecule has 3 aromatic rings. The van der Waals surface area contributed by atoms with Crippen LogP contribution in [0.1, 0.15) is 5.56 Å². The van der Waals surface area contributed by atoms with Crippen LogP contribution in [-0.4, -0.2) is 18.6 Å². The van der Waals surface area contributed by atoms with Gasteiger partial charge in [0.05, 0.1) is 4.34 Å². The van der Waals surface area contributed by atoms with Crippen molar-refractivity contribution in [1.29, 1.82) is 0 Å². The molecule has 2 aromatic heterocycles. The highest BCUT2D eigenvalue weighted by Gasteiger charge is 2.17. The van der Waals surface area contributed by atoms with Gasteiger partial charge in [-0.3, -0.25) is 4.72 Å². The van der Waals surface area contributed by atoms with Crippen molar-refractivity contribution in [2.45, 2.75) is 11.1 Å². The van der Waals surface area contributed by atoms with Crippen LogP contribution in [0.25, 0.3) is 0 Å². The van der Waals surface area contributed by atoms with Crippen LogP contribution < -0.4 is 10.0 Å². The lowest BCUT2D eigenvalue weighted by atomic mass is 10.2. The van der Waals surface area contributed by atoms with Gasteiger partial charge in [-0.2, -0.15) is 0 Å². The van der Waals surface area contributed by atoms with Crippen LogP contribution in [0, 0.1) is 6.92 Å². The number of thiophene rings is 1. The van der Waals surface area contributed by atoms with Crippen LogP contribution in [0.15, 0.2) is 52.7 Å². The van der Waals surface area contributed by atoms with E-state index in [0.717, 1.165) is 22.6 Å². The molecule has 0 bridgehead atoms. The van der Waals surface area contributed by atoms with Crippen LogP contribution in [0.2, 0.25) is 4.34 Å². The lowest BCUT2D eigenvalue weighted by Crippen LogP contribution is -2.13. The van der Waals surface area contributed by atoms with E-state index in [1.165, 1.54) is 18.2 Å². The molecule has 3 rings (SSSR count). The summed E-state index contributed by atoms with van der Waals surface area (Å²) in [4.78, 5) is 0. The first-order valence-corrected chi connectivity index (χ1v) is 9.56. The highest BCUT2D eigenvalue weighted by atomic mass is 35.5. The summed E-state index contributed by atoms with van der Waals surface area (Å²) in [5.74, 6) is 0.650. The van der Waals surface area contributed by atoms with E-state index < -0.39 is 10.0 Å². The zero-order valence-electron chi connectivity index (χ0n) is 12.5. The van der Waals surface area contributed by atoms with Crippen molar-refractivity contribution in [2.24, 2.45) is 0 Å². The standard InChI is InChI=1S/C15H13ClN4O2S2/c1-10-3-2-4-11(9-10)17-13-6-7-14(19-18-13)20-24(21,22)15-8-5-12(16)23-15/h2-9H,1H3,(H,17,18)(H,19,20). The van der Waals surface area contributed by atoms with Crippen LogP contribution in [0.5, 0.6) is 0 Å². The van der Waals surface area contributed by atoms with Crippen molar-refractivity contribution in [2.75, 3.05) is 10.0 Å². The fraction of sp³-hybridized carbons (Fsp3) is 0.0667. The smallest absolute Gasteiger partial charge is 0.272 e. The van der Waals surface area contributed by atoms with Crippen molar-refractivity contribution in [1.82, 2.24) is 10.2 Å². The topological polar surface area (TPSA) is 84.0 Å². The molecule has 0 aliphatic carbocycles. The monoisotopic (exact) mass is 380 g/mol. The number of hydrogen-bond acceptors (Lipinski definition) is 6. The highest BCUT2D eigenvalue weighted by molar-refractivity contribution is 7.94. The molecule has 1 aromatic carbocycles. The van der Waals surface area contributed by atoms with Gasteiger partial charge in [-0.05, 0) is 48.9 Å². The number of anilines is 3. The zero-order valence-corrected chi connectivity index (χ0v) is 14.9. The summed E-state index contributed by atoms with van der Waals surface area (Å²) in [5.41, 5.74) is 2.00. The predicted octanol–water partition coefficient (Wildman–Crippen LogP) is 4.04. The second-order valence-corrected chi connectivity index (χ2v) is 8.59. The number of aryl methyl sites for hydroxylation is 1. The van der Waals surface area contributed by atoms with Crippen LogP contribution in [0.4, 0.5) is 17.3 Å². The SMILES string of the molecule is Cc1cccc(Nc2ccc(NS(=O)(=O)c3ccc(Cl)s3)nn2)c1. The molecule has 6 nitrogen and oxygen atoms in total. The molecule has 0 saturated carbocycles. The van der Waals surface area contributed by atoms with Gasteiger partial charge in [0.25, 0.3) is 10.0 Å². The van der Waals surface area contributed by atoms with Gasteiger partial charge >= 0.3 is 0 Å². The average molecular weight is 381 g/mol. The number of hydrogen-bond donors (Lipinski definition) is 2. The molecule has 2 heterocycles. The van der Waals surface area contributed by atoms with E-state index in [1.54, 1.807) is 6.07 Å². The number of sulfonamides is 1. The van der Waals surface area contributed by atoms with Crippen molar-refractivity contribution in [3.05, 3.63) is 58.4 Å². The Hall–Kier alpha value is -2.16. The van der Waals surface area contributed by atoms with Crippen molar-refractivity contribution in [3.63, 3.8) is 0 Å². The maximum Gasteiger partial charge on any atom is 0.272 e. The summed E-state index contributed by atoms with van der Waals surface area (Å²) in [5, 5.41) is 11.0. The molecule has 0 unspecified atom stereocenters. The van der Waals surface area contributed by atoms with Crippen LogP contribution >= 0.6 is 22.9 Å². The fourth-order valence-corrected chi connectivity index (χ4v) is 4.43. The second kappa shape index (κ2) is 6.76. The van der Waals surface area contributed by atoms with Gasteiger partial charge in [0.15, 0.2) is 11.6 Å². The van der Waals surface area contributed by atoms with Crippen molar-refractivity contribution >= 4 is 50.3 Å². The lowest BCUT2D eigenvalue weighted by Gasteiger charge is -2.07. The zero-order chi connectivity index (χ0) is 17.2. The third-order valence-corrected chi connectivity index (χ3v) is 6.09. The van der Waals surface area contributed by atoms with Gasteiger partial charge in [-0.15, -0.1) is 21.5 Å². The number of nitrogens with zero attached hydrogens (tertiary/aromatic N) is 2. The molecular weight excluding hydrogens is 368 g/mol. The maximum absolute atomic E-state index is 12.2. The van der Waals surface area contributed by atoms with Crippen molar-refractivity contribution in [3.8, 4) is 0 Å². The number of rotatable bonds is 5. The van der Waals surface area contributed by atoms with E-state index in [2.05, 4.69) is 20.2 Å². The molecule has 124 valence electrons. The molecule has 0 amide bonds. The Kier molecular flexibility index (Phi) is 4.70. The minimum Gasteiger partial charge on any atom is -0.339 e. The van der Waals surface area contributed by atoms with E-state index in [4.69, 9.17) is 11.6 Å². The Bertz CT molecular complexity index is 956. The Morgan fingerprint density at radius 1 is 1.04 bits per heavy atom. The van der Waals surface area contributed by atoms with E-state index in [1.807, 2.05) is 31.2 Å². The Balaban J connectivity index is 1.73. The molecule has 0 aliphatic heterocycles. The van der Waals surface area contributed by atoms with Gasteiger partial charge < -0.3 is 5.32 Å². The summed E-state index contributed by atoms with van der Waals surface area (Å²) < 4.78 is 27.3. The van der Waals surface area contributed by atoms with Crippen molar-refractivity contribution < 1.29 is 8.42 Å². The van der Waals surface area contributed by atoms with Gasteiger partial charge in [0.2, 0.25) is 0 Å². The molecular formula is C15H13ClN4O2S2. The van der Waals surface area contributed by atoms with Gasteiger partial charge in [-0.1, -0.05) is 23.7 Å². The molecule has 0 fully saturated rings. The molecule has 0 spiro atoms. The minimum atomic E-state index is -3.71. The number of nitrogens with one attached hydrogen (secondary N) is 2. The Labute approximate surface area is 148 Å². The average Bonchev–Trinajstić information content (AvgIpc) is 2.97. The van der Waals surface area contributed by atoms with E-state index >= 15 is 0 Å². The molecule has 2 N–H and O–H groups in total. The normalized spacial score (nSPS) is 11.2. The summed E-state index contributed by atoms with van der Waals surface area (Å²) in [6.07, 6.45) is 0. The minimum absolute atomic E-state index is 0.122. The van der Waals surface area contributed by atoms with Gasteiger partial charge in [0.1, 0.15) is 4.21 Å². The molecule has 24 heavy (non-hydrogen) atoms. The molecule has 9 heteroatoms. The first kappa shape index (κ1) is 16.7. The quantitative estimate of drug-likeness (QED) is 0.697. The number of halogens is 1. The lowest BCUT2D eigenvalue weighted by molar-refractivity contribution is 0.603. The Morgan fingerprint density at radius 3 is 2.42 bits per heavy atom. The van der Waals surface area contributed by atoms with E-state index in [0.29, 0.717) is 10.2 Å². The summed E-state index contributed by atoms with van der Waals surface area (Å²) in [6, 6.07) is 14.0. The third kappa shape index (κ3) is 4.02. The largest absolute Gasteiger partial charge is 0.339 e. The van der Waals surface area contributed by atoms with E-state index in [9.17, 15) is 8.42 Å². The molecule has 0 saturated heterocycles. The first-order chi connectivity index (χ1) is 11.4. The fourth-order valence-electron chi connectivity index (χ4n) is 1.95. The Morgan fingerprint density at radius 2 is 1.79 bits per heavy atom. The van der Waals surface area contributed by atoms with Crippen LogP contribution in [0.3, 0.4) is 0 Å². The van der Waals surface area contributed by atoms with E-state index in [-0.39, 0.29) is 10.0 Å². The summed E-state index contributed by atoms with van der Waals surface area (Å²) in [7, 11) is -3.71. The first-order valence-electron chi connectivity index (χ1n) is 6.88. The number of aromatic nitrogens is 2. The molecule has 0 radical (unpaired) electrons. The third-order valence-electron chi connectivity index (χ3n) is 3.01. The predicted molar refractivity (Wildman–Crippen MR) is 96.6 cm³/mol. The van der Waals surface area contributed by atoms with Gasteiger partial charge in [-0.25, -0.2) is 8.42 Å². The summed E-state index contributed by atoms with van der Waals surface area (Å²) in [6.45, 7) is 1.99. The number of benzene rings is 1. The van der Waals surface area contributed by atoms with Gasteiger partial charge in [0, 0.05) is 5.69 Å². The highest BCUT2D eigenvalue weighted by Crippen LogP contribution is 2.27. The maximum atomic E-state index is 12.2. The second-order valence-electron chi connectivity index (χ2n) is 4.96. The molecule has 0 atom stereocenters. The summed E-state index contributed by atoms with van der Waals surface area (Å²) >= 11 is 6.74.